The lowest BCUT2D eigenvalue weighted by atomic mass is 10.0. The van der Waals surface area contributed by atoms with Crippen molar-refractivity contribution in [2.24, 2.45) is 0 Å². The van der Waals surface area contributed by atoms with E-state index in [1.807, 2.05) is 67.3 Å². The summed E-state index contributed by atoms with van der Waals surface area (Å²) in [4.78, 5) is 18.2. The van der Waals surface area contributed by atoms with E-state index < -0.39 is 0 Å². The van der Waals surface area contributed by atoms with Crippen molar-refractivity contribution in [2.75, 3.05) is 33.3 Å². The Morgan fingerprint density at radius 3 is 2.43 bits per heavy atom. The predicted molar refractivity (Wildman–Crippen MR) is 143 cm³/mol. The minimum Gasteiger partial charge on any atom is -0.497 e. The zero-order valence-corrected chi connectivity index (χ0v) is 21.7. The first-order valence-electron chi connectivity index (χ1n) is 12.7. The number of nitrogens with zero attached hydrogens (tertiary/aromatic N) is 3. The molecule has 0 aliphatic carbocycles. The van der Waals surface area contributed by atoms with Crippen LogP contribution in [0.5, 0.6) is 11.5 Å². The summed E-state index contributed by atoms with van der Waals surface area (Å²) in [5, 5.41) is 6.08. The molecule has 1 saturated heterocycles. The largest absolute Gasteiger partial charge is 0.497 e. The van der Waals surface area contributed by atoms with E-state index in [0.29, 0.717) is 31.0 Å². The molecular formula is C30H33N3O4. The number of fused-ring (bicyclic) bond motifs is 1. The van der Waals surface area contributed by atoms with E-state index in [9.17, 15) is 4.79 Å². The predicted octanol–water partition coefficient (Wildman–Crippen LogP) is 5.38. The number of hydrogen-bond acceptors (Lipinski definition) is 6. The highest BCUT2D eigenvalue weighted by Crippen LogP contribution is 2.29. The fraction of sp³-hybridized carbons (Fsp3) is 0.333. The second-order valence-electron chi connectivity index (χ2n) is 9.56. The molecule has 1 aromatic heterocycles. The van der Waals surface area contributed by atoms with Crippen LogP contribution in [0.3, 0.4) is 0 Å². The maximum absolute atomic E-state index is 13.8. The van der Waals surface area contributed by atoms with Crippen LogP contribution >= 0.6 is 0 Å². The Morgan fingerprint density at radius 2 is 1.73 bits per heavy atom. The number of methoxy groups -OCH3 is 1. The molecule has 1 aliphatic heterocycles. The standard InChI is InChI=1S/C30H33N3O4/c1-21-28(22(2)37-31-21)20-36-29-18-25-8-5-4-7-24(25)17-27(29)30(34)33-14-6-13-32(15-16-33)19-23-9-11-26(35-3)12-10-23/h4-5,7-12,17-18H,6,13-16,19-20H2,1-3H3. The first-order chi connectivity index (χ1) is 18.0. The molecule has 7 heteroatoms. The van der Waals surface area contributed by atoms with E-state index in [1.54, 1.807) is 7.11 Å². The lowest BCUT2D eigenvalue weighted by molar-refractivity contribution is 0.0756. The molecule has 0 atom stereocenters. The minimum atomic E-state index is 0.00538. The van der Waals surface area contributed by atoms with Crippen molar-refractivity contribution in [1.82, 2.24) is 15.0 Å². The van der Waals surface area contributed by atoms with E-state index in [4.69, 9.17) is 14.0 Å². The molecule has 0 radical (unpaired) electrons. The molecule has 7 nitrogen and oxygen atoms in total. The lowest BCUT2D eigenvalue weighted by Gasteiger charge is -2.23. The summed E-state index contributed by atoms with van der Waals surface area (Å²) in [5.41, 5.74) is 3.55. The molecule has 1 aliphatic rings. The Morgan fingerprint density at radius 1 is 0.973 bits per heavy atom. The van der Waals surface area contributed by atoms with Crippen LogP contribution in [-0.4, -0.2) is 54.2 Å². The smallest absolute Gasteiger partial charge is 0.257 e. The highest BCUT2D eigenvalue weighted by molar-refractivity contribution is 6.01. The molecule has 1 amide bonds. The van der Waals surface area contributed by atoms with Crippen molar-refractivity contribution in [3.05, 3.63) is 88.8 Å². The Kier molecular flexibility index (Phi) is 7.42. The van der Waals surface area contributed by atoms with E-state index >= 15 is 0 Å². The highest BCUT2D eigenvalue weighted by Gasteiger charge is 2.24. The van der Waals surface area contributed by atoms with E-state index in [2.05, 4.69) is 22.2 Å². The normalized spacial score (nSPS) is 14.5. The Balaban J connectivity index is 1.33. The van der Waals surface area contributed by atoms with Gasteiger partial charge in [0, 0.05) is 32.7 Å². The van der Waals surface area contributed by atoms with Crippen LogP contribution in [0, 0.1) is 13.8 Å². The molecule has 0 saturated carbocycles. The van der Waals surface area contributed by atoms with Gasteiger partial charge in [0.25, 0.3) is 5.91 Å². The topological polar surface area (TPSA) is 68.0 Å². The van der Waals surface area contributed by atoms with Crippen LogP contribution in [0.4, 0.5) is 0 Å². The van der Waals surface area contributed by atoms with E-state index in [0.717, 1.165) is 59.6 Å². The number of amides is 1. The van der Waals surface area contributed by atoms with Crippen molar-refractivity contribution in [2.45, 2.75) is 33.4 Å². The average Bonchev–Trinajstić information content (AvgIpc) is 3.09. The zero-order valence-electron chi connectivity index (χ0n) is 21.7. The molecule has 0 N–H and O–H groups in total. The van der Waals surface area contributed by atoms with Gasteiger partial charge < -0.3 is 18.9 Å². The Labute approximate surface area is 217 Å². The summed E-state index contributed by atoms with van der Waals surface area (Å²) in [6.07, 6.45) is 0.921. The van der Waals surface area contributed by atoms with Gasteiger partial charge in [-0.3, -0.25) is 9.69 Å². The van der Waals surface area contributed by atoms with Gasteiger partial charge in [0.15, 0.2) is 0 Å². The van der Waals surface area contributed by atoms with Crippen LogP contribution in [0.25, 0.3) is 10.8 Å². The number of ether oxygens (including phenoxy) is 2. The molecule has 192 valence electrons. The average molecular weight is 500 g/mol. The maximum atomic E-state index is 13.8. The summed E-state index contributed by atoms with van der Waals surface area (Å²) in [6.45, 7) is 8.09. The van der Waals surface area contributed by atoms with Crippen LogP contribution in [-0.2, 0) is 13.2 Å². The molecule has 1 fully saturated rings. The third-order valence-corrected chi connectivity index (χ3v) is 7.07. The molecule has 3 aromatic carbocycles. The van der Waals surface area contributed by atoms with Crippen molar-refractivity contribution in [1.29, 1.82) is 0 Å². The molecule has 4 aromatic rings. The van der Waals surface area contributed by atoms with Crippen LogP contribution in [0.15, 0.2) is 65.2 Å². The number of benzene rings is 3. The van der Waals surface area contributed by atoms with Crippen LogP contribution < -0.4 is 9.47 Å². The van der Waals surface area contributed by atoms with Crippen LogP contribution in [0.2, 0.25) is 0 Å². The first-order valence-corrected chi connectivity index (χ1v) is 12.7. The number of carbonyl (C=O) groups is 1. The fourth-order valence-corrected chi connectivity index (χ4v) is 4.86. The zero-order chi connectivity index (χ0) is 25.8. The molecule has 2 heterocycles. The van der Waals surface area contributed by atoms with Gasteiger partial charge in [0.1, 0.15) is 23.9 Å². The second kappa shape index (κ2) is 11.0. The molecule has 37 heavy (non-hydrogen) atoms. The summed E-state index contributed by atoms with van der Waals surface area (Å²) >= 11 is 0. The van der Waals surface area contributed by atoms with Gasteiger partial charge in [-0.1, -0.05) is 41.6 Å². The molecule has 5 rings (SSSR count). The highest BCUT2D eigenvalue weighted by atomic mass is 16.5. The van der Waals surface area contributed by atoms with Crippen molar-refractivity contribution in [3.63, 3.8) is 0 Å². The van der Waals surface area contributed by atoms with E-state index in [-0.39, 0.29) is 5.91 Å². The lowest BCUT2D eigenvalue weighted by Crippen LogP contribution is -2.35. The number of rotatable bonds is 7. The Hall–Kier alpha value is -3.84. The third kappa shape index (κ3) is 5.62. The van der Waals surface area contributed by atoms with Crippen molar-refractivity contribution < 1.29 is 18.8 Å². The number of aryl methyl sites for hydroxylation is 2. The quantitative estimate of drug-likeness (QED) is 0.340. The number of aromatic nitrogens is 1. The summed E-state index contributed by atoms with van der Waals surface area (Å²) < 4.78 is 16.8. The van der Waals surface area contributed by atoms with Gasteiger partial charge in [0.05, 0.1) is 23.9 Å². The van der Waals surface area contributed by atoms with Crippen molar-refractivity contribution >= 4 is 16.7 Å². The second-order valence-corrected chi connectivity index (χ2v) is 9.56. The SMILES string of the molecule is COc1ccc(CN2CCCN(C(=O)c3cc4ccccc4cc3OCc3c(C)noc3C)CC2)cc1. The summed E-state index contributed by atoms with van der Waals surface area (Å²) in [5.74, 6) is 2.18. The van der Waals surface area contributed by atoms with Gasteiger partial charge in [-0.05, 0) is 60.9 Å². The third-order valence-electron chi connectivity index (χ3n) is 7.07. The molecule has 0 spiro atoms. The Bertz CT molecular complexity index is 1360. The summed E-state index contributed by atoms with van der Waals surface area (Å²) in [7, 11) is 1.68. The first kappa shape index (κ1) is 24.8. The minimum absolute atomic E-state index is 0.00538. The summed E-state index contributed by atoms with van der Waals surface area (Å²) in [6, 6.07) is 20.2. The monoisotopic (exact) mass is 499 g/mol. The van der Waals surface area contributed by atoms with Gasteiger partial charge >= 0.3 is 0 Å². The van der Waals surface area contributed by atoms with Gasteiger partial charge in [0.2, 0.25) is 0 Å². The van der Waals surface area contributed by atoms with Crippen LogP contribution in [0.1, 0.15) is 39.4 Å². The van der Waals surface area contributed by atoms with Gasteiger partial charge in [-0.15, -0.1) is 0 Å². The molecule has 0 unspecified atom stereocenters. The van der Waals surface area contributed by atoms with Crippen molar-refractivity contribution in [3.8, 4) is 11.5 Å². The maximum Gasteiger partial charge on any atom is 0.257 e. The fourth-order valence-electron chi connectivity index (χ4n) is 4.86. The molecular weight excluding hydrogens is 466 g/mol. The van der Waals surface area contributed by atoms with Gasteiger partial charge in [-0.2, -0.15) is 0 Å². The number of carbonyl (C=O) groups excluding carboxylic acids is 1. The number of hydrogen-bond donors (Lipinski definition) is 0. The van der Waals surface area contributed by atoms with E-state index in [1.165, 1.54) is 5.56 Å². The molecule has 0 bridgehead atoms. The van der Waals surface area contributed by atoms with Gasteiger partial charge in [-0.25, -0.2) is 0 Å².